The standard InChI is InChI=1S/C14H15ClN2O2/c1-9-7-12(18)13(14(2,3)19)16-17(9)11-6-4-5-10(15)8-11/h4-8,19H,1-3H3. The van der Waals surface area contributed by atoms with Gasteiger partial charge < -0.3 is 5.11 Å². The normalized spacial score (nSPS) is 11.6. The zero-order chi connectivity index (χ0) is 14.2. The van der Waals surface area contributed by atoms with Crippen molar-refractivity contribution in [2.45, 2.75) is 26.4 Å². The monoisotopic (exact) mass is 278 g/mol. The van der Waals surface area contributed by atoms with Crippen LogP contribution in [0.5, 0.6) is 0 Å². The van der Waals surface area contributed by atoms with Crippen LogP contribution in [-0.4, -0.2) is 14.9 Å². The molecule has 0 bridgehead atoms. The van der Waals surface area contributed by atoms with Crippen molar-refractivity contribution in [2.24, 2.45) is 0 Å². The highest BCUT2D eigenvalue weighted by Gasteiger charge is 2.23. The van der Waals surface area contributed by atoms with Crippen LogP contribution in [0.3, 0.4) is 0 Å². The Balaban J connectivity index is 2.68. The molecule has 1 aromatic carbocycles. The molecular formula is C14H15ClN2O2. The molecule has 0 amide bonds. The summed E-state index contributed by atoms with van der Waals surface area (Å²) in [6.07, 6.45) is 0. The molecule has 0 saturated carbocycles. The van der Waals surface area contributed by atoms with E-state index >= 15 is 0 Å². The number of hydrogen-bond donors (Lipinski definition) is 1. The lowest BCUT2D eigenvalue weighted by molar-refractivity contribution is 0.0709. The van der Waals surface area contributed by atoms with Gasteiger partial charge in [0.1, 0.15) is 11.3 Å². The highest BCUT2D eigenvalue weighted by atomic mass is 35.5. The number of aryl methyl sites for hydroxylation is 1. The first-order valence-electron chi connectivity index (χ1n) is 5.89. The third-order valence-electron chi connectivity index (χ3n) is 2.74. The zero-order valence-electron chi connectivity index (χ0n) is 11.0. The van der Waals surface area contributed by atoms with E-state index in [0.29, 0.717) is 10.7 Å². The van der Waals surface area contributed by atoms with Crippen molar-refractivity contribution in [3.63, 3.8) is 0 Å². The number of nitrogens with zero attached hydrogens (tertiary/aromatic N) is 2. The van der Waals surface area contributed by atoms with Crippen LogP contribution in [0.25, 0.3) is 5.69 Å². The van der Waals surface area contributed by atoms with E-state index < -0.39 is 5.60 Å². The molecule has 2 rings (SSSR count). The van der Waals surface area contributed by atoms with Gasteiger partial charge in [0, 0.05) is 16.8 Å². The third-order valence-corrected chi connectivity index (χ3v) is 2.97. The molecule has 1 heterocycles. The van der Waals surface area contributed by atoms with Crippen molar-refractivity contribution in [1.82, 2.24) is 9.78 Å². The van der Waals surface area contributed by atoms with Crippen LogP contribution in [0.1, 0.15) is 25.2 Å². The predicted octanol–water partition coefficient (Wildman–Crippen LogP) is 2.42. The van der Waals surface area contributed by atoms with Gasteiger partial charge in [-0.3, -0.25) is 4.79 Å². The molecule has 1 N–H and O–H groups in total. The van der Waals surface area contributed by atoms with Gasteiger partial charge in [0.25, 0.3) is 0 Å². The molecule has 0 aliphatic rings. The van der Waals surface area contributed by atoms with Crippen LogP contribution in [0.4, 0.5) is 0 Å². The average molecular weight is 279 g/mol. The van der Waals surface area contributed by atoms with Gasteiger partial charge in [0.15, 0.2) is 0 Å². The molecular weight excluding hydrogens is 264 g/mol. The van der Waals surface area contributed by atoms with Crippen LogP contribution in [0.15, 0.2) is 35.1 Å². The van der Waals surface area contributed by atoms with Crippen molar-refractivity contribution >= 4 is 11.6 Å². The molecule has 4 nitrogen and oxygen atoms in total. The highest BCUT2D eigenvalue weighted by molar-refractivity contribution is 6.30. The van der Waals surface area contributed by atoms with E-state index in [1.807, 2.05) is 6.07 Å². The number of benzene rings is 1. The predicted molar refractivity (Wildman–Crippen MR) is 74.8 cm³/mol. The summed E-state index contributed by atoms with van der Waals surface area (Å²) in [6, 6.07) is 8.62. The van der Waals surface area contributed by atoms with Gasteiger partial charge in [0.05, 0.1) is 5.69 Å². The minimum atomic E-state index is -1.29. The largest absolute Gasteiger partial charge is 0.384 e. The maximum atomic E-state index is 11.9. The Kier molecular flexibility index (Phi) is 3.47. The van der Waals surface area contributed by atoms with Gasteiger partial charge >= 0.3 is 0 Å². The molecule has 100 valence electrons. The summed E-state index contributed by atoms with van der Waals surface area (Å²) in [5.41, 5.74) is -0.0254. The Morgan fingerprint density at radius 2 is 2.00 bits per heavy atom. The fourth-order valence-corrected chi connectivity index (χ4v) is 2.02. The van der Waals surface area contributed by atoms with Crippen LogP contribution in [0.2, 0.25) is 5.02 Å². The van der Waals surface area contributed by atoms with Crippen LogP contribution >= 0.6 is 11.6 Å². The second-order valence-corrected chi connectivity index (χ2v) is 5.39. The van der Waals surface area contributed by atoms with Crippen molar-refractivity contribution in [3.05, 3.63) is 57.0 Å². The summed E-state index contributed by atoms with van der Waals surface area (Å²) in [5, 5.41) is 14.8. The van der Waals surface area contributed by atoms with Crippen molar-refractivity contribution < 1.29 is 5.11 Å². The molecule has 0 atom stereocenters. The summed E-state index contributed by atoms with van der Waals surface area (Å²) in [7, 11) is 0. The van der Waals surface area contributed by atoms with E-state index in [1.165, 1.54) is 19.9 Å². The molecule has 0 radical (unpaired) electrons. The summed E-state index contributed by atoms with van der Waals surface area (Å²) in [4.78, 5) is 11.9. The summed E-state index contributed by atoms with van der Waals surface area (Å²) in [6.45, 7) is 4.85. The van der Waals surface area contributed by atoms with Crippen LogP contribution in [0, 0.1) is 6.92 Å². The lowest BCUT2D eigenvalue weighted by atomic mass is 10.0. The highest BCUT2D eigenvalue weighted by Crippen LogP contribution is 2.18. The van der Waals surface area contributed by atoms with Crippen molar-refractivity contribution in [1.29, 1.82) is 0 Å². The van der Waals surface area contributed by atoms with E-state index in [-0.39, 0.29) is 11.1 Å². The van der Waals surface area contributed by atoms with Gasteiger partial charge in [0.2, 0.25) is 5.43 Å². The zero-order valence-corrected chi connectivity index (χ0v) is 11.8. The minimum absolute atomic E-state index is 0.109. The Hall–Kier alpha value is -1.65. The van der Waals surface area contributed by atoms with E-state index in [9.17, 15) is 9.90 Å². The van der Waals surface area contributed by atoms with Crippen LogP contribution in [-0.2, 0) is 5.60 Å². The number of aromatic nitrogens is 2. The SMILES string of the molecule is Cc1cc(=O)c(C(C)(C)O)nn1-c1cccc(Cl)c1. The minimum Gasteiger partial charge on any atom is -0.384 e. The van der Waals surface area contributed by atoms with Gasteiger partial charge in [-0.05, 0) is 39.0 Å². The van der Waals surface area contributed by atoms with Gasteiger partial charge in [-0.15, -0.1) is 0 Å². The molecule has 5 heteroatoms. The van der Waals surface area contributed by atoms with Crippen molar-refractivity contribution in [2.75, 3.05) is 0 Å². The summed E-state index contributed by atoms with van der Waals surface area (Å²) in [5.74, 6) is 0. The van der Waals surface area contributed by atoms with Gasteiger partial charge in [-0.25, -0.2) is 4.68 Å². The average Bonchev–Trinajstić information content (AvgIpc) is 2.27. The second-order valence-electron chi connectivity index (χ2n) is 4.95. The molecule has 2 aromatic rings. The Bertz CT molecular complexity index is 672. The first-order chi connectivity index (χ1) is 8.79. The topological polar surface area (TPSA) is 55.1 Å². The summed E-state index contributed by atoms with van der Waals surface area (Å²) < 4.78 is 1.60. The lowest BCUT2D eigenvalue weighted by Crippen LogP contribution is -2.30. The Morgan fingerprint density at radius 3 is 2.58 bits per heavy atom. The number of hydrogen-bond acceptors (Lipinski definition) is 3. The molecule has 0 spiro atoms. The molecule has 0 saturated heterocycles. The fraction of sp³-hybridized carbons (Fsp3) is 0.286. The third kappa shape index (κ3) is 2.85. The maximum Gasteiger partial charge on any atom is 0.206 e. The van der Waals surface area contributed by atoms with Crippen LogP contribution < -0.4 is 5.43 Å². The first-order valence-corrected chi connectivity index (χ1v) is 6.26. The second kappa shape index (κ2) is 4.79. The van der Waals surface area contributed by atoms with Crippen molar-refractivity contribution in [3.8, 4) is 5.69 Å². The van der Waals surface area contributed by atoms with E-state index in [4.69, 9.17) is 11.6 Å². The number of rotatable bonds is 2. The van der Waals surface area contributed by atoms with E-state index in [1.54, 1.807) is 29.8 Å². The van der Waals surface area contributed by atoms with Gasteiger partial charge in [-0.1, -0.05) is 17.7 Å². The lowest BCUT2D eigenvalue weighted by Gasteiger charge is -2.18. The fourth-order valence-electron chi connectivity index (χ4n) is 1.84. The molecule has 19 heavy (non-hydrogen) atoms. The Morgan fingerprint density at radius 1 is 1.32 bits per heavy atom. The first kappa shape index (κ1) is 13.8. The number of halogens is 1. The molecule has 0 fully saturated rings. The Labute approximate surface area is 116 Å². The maximum absolute atomic E-state index is 11.9. The van der Waals surface area contributed by atoms with Gasteiger partial charge in [-0.2, -0.15) is 5.10 Å². The smallest absolute Gasteiger partial charge is 0.206 e. The molecule has 0 unspecified atom stereocenters. The molecule has 0 aliphatic heterocycles. The van der Waals surface area contributed by atoms with E-state index in [0.717, 1.165) is 5.69 Å². The quantitative estimate of drug-likeness (QED) is 0.918. The molecule has 1 aromatic heterocycles. The van der Waals surface area contributed by atoms with E-state index in [2.05, 4.69) is 5.10 Å². The molecule has 0 aliphatic carbocycles. The summed E-state index contributed by atoms with van der Waals surface area (Å²) >= 11 is 5.96. The number of aliphatic hydroxyl groups is 1.